The van der Waals surface area contributed by atoms with Gasteiger partial charge in [0.05, 0.1) is 30.4 Å². The Morgan fingerprint density at radius 2 is 1.86 bits per heavy atom. The minimum absolute atomic E-state index is 0.0867. The number of imidazole rings is 1. The van der Waals surface area contributed by atoms with E-state index in [2.05, 4.69) is 19.5 Å². The minimum Gasteiger partial charge on any atom is -0.388 e. The molecule has 0 fully saturated rings. The predicted molar refractivity (Wildman–Crippen MR) is 77.4 cm³/mol. The lowest BCUT2D eigenvalue weighted by molar-refractivity contribution is 0.153. The first-order chi connectivity index (χ1) is 10.3. The zero-order valence-corrected chi connectivity index (χ0v) is 11.3. The summed E-state index contributed by atoms with van der Waals surface area (Å²) in [6.45, 7) is 0. The summed E-state index contributed by atoms with van der Waals surface area (Å²) >= 11 is 0. The summed E-state index contributed by atoms with van der Waals surface area (Å²) in [5, 5.41) is 10.5. The SMILES string of the molecule is OC(CC1c2ccncc2-c2cncn21)c1ccncc1. The van der Waals surface area contributed by atoms with Crippen molar-refractivity contribution in [1.82, 2.24) is 19.5 Å². The number of aliphatic hydroxyl groups is 1. The second kappa shape index (κ2) is 4.79. The molecule has 21 heavy (non-hydrogen) atoms. The van der Waals surface area contributed by atoms with Crippen molar-refractivity contribution in [1.29, 1.82) is 0 Å². The molecule has 0 spiro atoms. The lowest BCUT2D eigenvalue weighted by atomic mass is 9.97. The van der Waals surface area contributed by atoms with Crippen molar-refractivity contribution in [2.45, 2.75) is 18.6 Å². The second-order valence-corrected chi connectivity index (χ2v) is 5.20. The van der Waals surface area contributed by atoms with E-state index in [-0.39, 0.29) is 6.04 Å². The van der Waals surface area contributed by atoms with Crippen LogP contribution >= 0.6 is 0 Å². The monoisotopic (exact) mass is 278 g/mol. The van der Waals surface area contributed by atoms with Crippen molar-refractivity contribution in [3.63, 3.8) is 0 Å². The van der Waals surface area contributed by atoms with Crippen LogP contribution in [0.1, 0.15) is 29.7 Å². The number of nitrogens with zero attached hydrogens (tertiary/aromatic N) is 4. The van der Waals surface area contributed by atoms with Crippen molar-refractivity contribution in [2.75, 3.05) is 0 Å². The van der Waals surface area contributed by atoms with Crippen LogP contribution in [0.3, 0.4) is 0 Å². The van der Waals surface area contributed by atoms with Crippen LogP contribution < -0.4 is 0 Å². The Bertz CT molecular complexity index is 769. The molecule has 0 radical (unpaired) electrons. The lowest BCUT2D eigenvalue weighted by Gasteiger charge is -2.19. The number of aromatic nitrogens is 4. The third kappa shape index (κ3) is 1.94. The van der Waals surface area contributed by atoms with Gasteiger partial charge in [-0.15, -0.1) is 0 Å². The molecule has 0 saturated carbocycles. The van der Waals surface area contributed by atoms with Crippen LogP contribution in [-0.2, 0) is 0 Å². The van der Waals surface area contributed by atoms with Gasteiger partial charge in [-0.3, -0.25) is 9.97 Å². The summed E-state index contributed by atoms with van der Waals surface area (Å²) in [7, 11) is 0. The first-order valence-corrected chi connectivity index (χ1v) is 6.88. The van der Waals surface area contributed by atoms with Crippen LogP contribution in [-0.4, -0.2) is 24.6 Å². The van der Waals surface area contributed by atoms with E-state index in [4.69, 9.17) is 0 Å². The Morgan fingerprint density at radius 3 is 2.71 bits per heavy atom. The van der Waals surface area contributed by atoms with Crippen LogP contribution in [0.4, 0.5) is 0 Å². The van der Waals surface area contributed by atoms with Gasteiger partial charge in [-0.1, -0.05) is 0 Å². The molecular weight excluding hydrogens is 264 g/mol. The predicted octanol–water partition coefficient (Wildman–Crippen LogP) is 2.37. The molecule has 5 nitrogen and oxygen atoms in total. The first-order valence-electron chi connectivity index (χ1n) is 6.88. The fourth-order valence-electron chi connectivity index (χ4n) is 2.99. The standard InChI is InChI=1S/C16H14N4O/c21-16(11-1-4-17-5-2-11)7-14-12-3-6-18-8-13(12)15-9-19-10-20(14)15/h1-6,8-10,14,16,21H,7H2. The number of rotatable bonds is 3. The Hall–Kier alpha value is -2.53. The van der Waals surface area contributed by atoms with Crippen LogP contribution in [0, 0.1) is 0 Å². The van der Waals surface area contributed by atoms with Crippen molar-refractivity contribution in [3.05, 3.63) is 66.6 Å². The third-order valence-electron chi connectivity index (χ3n) is 4.03. The summed E-state index contributed by atoms with van der Waals surface area (Å²) in [6.07, 6.45) is 10.8. The number of aliphatic hydroxyl groups excluding tert-OH is 1. The van der Waals surface area contributed by atoms with E-state index in [1.807, 2.05) is 36.9 Å². The Kier molecular flexibility index (Phi) is 2.79. The van der Waals surface area contributed by atoms with Gasteiger partial charge >= 0.3 is 0 Å². The molecule has 5 heteroatoms. The summed E-state index contributed by atoms with van der Waals surface area (Å²) in [6, 6.07) is 5.81. The molecule has 3 aromatic rings. The van der Waals surface area contributed by atoms with E-state index < -0.39 is 6.10 Å². The molecule has 0 aromatic carbocycles. The molecule has 0 amide bonds. The zero-order chi connectivity index (χ0) is 14.2. The molecule has 1 aliphatic heterocycles. The van der Waals surface area contributed by atoms with Crippen molar-refractivity contribution in [3.8, 4) is 11.3 Å². The van der Waals surface area contributed by atoms with Gasteiger partial charge in [0, 0.05) is 36.8 Å². The fourth-order valence-corrected chi connectivity index (χ4v) is 2.99. The van der Waals surface area contributed by atoms with Gasteiger partial charge in [-0.05, 0) is 29.3 Å². The topological polar surface area (TPSA) is 63.8 Å². The van der Waals surface area contributed by atoms with E-state index >= 15 is 0 Å². The maximum atomic E-state index is 10.5. The van der Waals surface area contributed by atoms with Gasteiger partial charge in [-0.2, -0.15) is 0 Å². The third-order valence-corrected chi connectivity index (χ3v) is 4.03. The summed E-state index contributed by atoms with van der Waals surface area (Å²) in [5.41, 5.74) is 4.23. The highest BCUT2D eigenvalue weighted by Crippen LogP contribution is 2.42. The first kappa shape index (κ1) is 12.2. The molecule has 2 atom stereocenters. The molecule has 0 saturated heterocycles. The number of fused-ring (bicyclic) bond motifs is 3. The fraction of sp³-hybridized carbons (Fsp3) is 0.188. The van der Waals surface area contributed by atoms with Gasteiger partial charge in [-0.25, -0.2) is 4.98 Å². The smallest absolute Gasteiger partial charge is 0.0956 e. The molecule has 1 aliphatic rings. The molecule has 4 heterocycles. The molecule has 2 unspecified atom stereocenters. The van der Waals surface area contributed by atoms with Gasteiger partial charge in [0.2, 0.25) is 0 Å². The van der Waals surface area contributed by atoms with Crippen molar-refractivity contribution >= 4 is 0 Å². The largest absolute Gasteiger partial charge is 0.388 e. The van der Waals surface area contributed by atoms with E-state index in [1.165, 1.54) is 5.56 Å². The minimum atomic E-state index is -0.535. The van der Waals surface area contributed by atoms with Gasteiger partial charge in [0.25, 0.3) is 0 Å². The van der Waals surface area contributed by atoms with E-state index in [1.54, 1.807) is 18.6 Å². The van der Waals surface area contributed by atoms with Crippen molar-refractivity contribution < 1.29 is 5.11 Å². The van der Waals surface area contributed by atoms with Crippen LogP contribution in [0.2, 0.25) is 0 Å². The summed E-state index contributed by atoms with van der Waals surface area (Å²) in [4.78, 5) is 12.4. The normalized spacial score (nSPS) is 17.3. The number of hydrogen-bond donors (Lipinski definition) is 1. The maximum Gasteiger partial charge on any atom is 0.0956 e. The molecule has 0 aliphatic carbocycles. The highest BCUT2D eigenvalue weighted by atomic mass is 16.3. The second-order valence-electron chi connectivity index (χ2n) is 5.20. The molecule has 0 bridgehead atoms. The average molecular weight is 278 g/mol. The molecule has 4 rings (SSSR count). The van der Waals surface area contributed by atoms with Crippen LogP contribution in [0.15, 0.2) is 55.5 Å². The zero-order valence-electron chi connectivity index (χ0n) is 11.3. The van der Waals surface area contributed by atoms with Crippen LogP contribution in [0.5, 0.6) is 0 Å². The summed E-state index contributed by atoms with van der Waals surface area (Å²) < 4.78 is 2.11. The Morgan fingerprint density at radius 1 is 1.05 bits per heavy atom. The quantitative estimate of drug-likeness (QED) is 0.799. The lowest BCUT2D eigenvalue weighted by Crippen LogP contribution is -2.10. The van der Waals surface area contributed by atoms with E-state index in [0.717, 1.165) is 16.8 Å². The summed E-state index contributed by atoms with van der Waals surface area (Å²) in [5.74, 6) is 0. The molecule has 3 aromatic heterocycles. The molecular formula is C16H14N4O. The maximum absolute atomic E-state index is 10.5. The van der Waals surface area contributed by atoms with Gasteiger partial charge in [0.15, 0.2) is 0 Å². The molecule has 1 N–H and O–H groups in total. The van der Waals surface area contributed by atoms with Gasteiger partial charge < -0.3 is 9.67 Å². The number of hydrogen-bond acceptors (Lipinski definition) is 4. The highest BCUT2D eigenvalue weighted by molar-refractivity contribution is 5.67. The molecule has 104 valence electrons. The Labute approximate surface area is 122 Å². The van der Waals surface area contributed by atoms with Crippen LogP contribution in [0.25, 0.3) is 11.3 Å². The highest BCUT2D eigenvalue weighted by Gasteiger charge is 2.30. The van der Waals surface area contributed by atoms with Crippen molar-refractivity contribution in [2.24, 2.45) is 0 Å². The van der Waals surface area contributed by atoms with Gasteiger partial charge in [0.1, 0.15) is 0 Å². The number of pyridine rings is 2. The van der Waals surface area contributed by atoms with E-state index in [0.29, 0.717) is 6.42 Å². The van der Waals surface area contributed by atoms with E-state index in [9.17, 15) is 5.11 Å². The Balaban J connectivity index is 1.70. The average Bonchev–Trinajstić information content (AvgIpc) is 3.11.